The van der Waals surface area contributed by atoms with Crippen LogP contribution in [0.5, 0.6) is 5.75 Å². The van der Waals surface area contributed by atoms with E-state index in [1.807, 2.05) is 0 Å². The molecule has 1 aromatic carbocycles. The van der Waals surface area contributed by atoms with E-state index in [-0.39, 0.29) is 11.3 Å². The van der Waals surface area contributed by atoms with Crippen molar-refractivity contribution in [2.75, 3.05) is 7.11 Å². The van der Waals surface area contributed by atoms with Gasteiger partial charge in [-0.05, 0) is 6.07 Å². The Bertz CT molecular complexity index is 268. The maximum atomic E-state index is 10.9. The van der Waals surface area contributed by atoms with E-state index < -0.39 is 5.97 Å². The van der Waals surface area contributed by atoms with Gasteiger partial charge in [-0.25, -0.2) is 4.79 Å². The van der Waals surface area contributed by atoms with Crippen molar-refractivity contribution in [3.8, 4) is 5.75 Å². The summed E-state index contributed by atoms with van der Waals surface area (Å²) in [6, 6.07) is 5.96. The van der Waals surface area contributed by atoms with E-state index in [0.717, 1.165) is 0 Å². The number of hydrogen-bond donors (Lipinski definition) is 0. The molecule has 11 heavy (non-hydrogen) atoms. The van der Waals surface area contributed by atoms with Gasteiger partial charge < -0.3 is 9.84 Å². The van der Waals surface area contributed by atoms with Crippen LogP contribution in [0.2, 0.25) is 0 Å². The molecule has 0 saturated heterocycles. The summed E-state index contributed by atoms with van der Waals surface area (Å²) in [6.45, 7) is 0. The molecule has 1 rings (SSSR count). The van der Waals surface area contributed by atoms with Crippen molar-refractivity contribution >= 4 is 5.97 Å². The van der Waals surface area contributed by atoms with Crippen LogP contribution in [0, 0.1) is 0 Å². The normalized spacial score (nSPS) is 9.18. The largest absolute Gasteiger partial charge is 0.872 e. The van der Waals surface area contributed by atoms with E-state index in [4.69, 9.17) is 0 Å². The summed E-state index contributed by atoms with van der Waals surface area (Å²) in [5.74, 6) is -0.894. The Hall–Kier alpha value is -1.51. The number of carbonyl (C=O) groups is 1. The molecule has 1 aromatic rings. The van der Waals surface area contributed by atoms with Gasteiger partial charge in [0.1, 0.15) is 0 Å². The third kappa shape index (κ3) is 1.49. The van der Waals surface area contributed by atoms with Gasteiger partial charge in [-0.15, -0.1) is 0 Å². The third-order valence-electron chi connectivity index (χ3n) is 1.29. The van der Waals surface area contributed by atoms with Gasteiger partial charge in [0, 0.05) is 0 Å². The minimum Gasteiger partial charge on any atom is -0.872 e. The highest BCUT2D eigenvalue weighted by atomic mass is 16.5. The topological polar surface area (TPSA) is 49.4 Å². The summed E-state index contributed by atoms with van der Waals surface area (Å²) < 4.78 is 4.38. The summed E-state index contributed by atoms with van der Waals surface area (Å²) in [5, 5.41) is 10.9. The average Bonchev–Trinajstić information content (AvgIpc) is 2.04. The minimum atomic E-state index is -0.587. The summed E-state index contributed by atoms with van der Waals surface area (Å²) >= 11 is 0. The van der Waals surface area contributed by atoms with Crippen LogP contribution in [-0.4, -0.2) is 13.1 Å². The number of para-hydroxylation sites is 1. The lowest BCUT2D eigenvalue weighted by Gasteiger charge is -2.09. The molecule has 0 spiro atoms. The van der Waals surface area contributed by atoms with Crippen LogP contribution in [0.15, 0.2) is 24.3 Å². The van der Waals surface area contributed by atoms with Gasteiger partial charge in [0.25, 0.3) is 0 Å². The zero-order valence-corrected chi connectivity index (χ0v) is 6.03. The van der Waals surface area contributed by atoms with Crippen molar-refractivity contribution in [1.29, 1.82) is 0 Å². The Morgan fingerprint density at radius 3 is 2.64 bits per heavy atom. The number of methoxy groups -OCH3 is 1. The van der Waals surface area contributed by atoms with E-state index in [1.54, 1.807) is 12.1 Å². The smallest absolute Gasteiger partial charge is 0.337 e. The second-order valence-corrected chi connectivity index (χ2v) is 1.99. The Balaban J connectivity index is 3.03. The van der Waals surface area contributed by atoms with Crippen LogP contribution in [-0.2, 0) is 4.74 Å². The van der Waals surface area contributed by atoms with E-state index >= 15 is 0 Å². The quantitative estimate of drug-likeness (QED) is 0.550. The zero-order valence-electron chi connectivity index (χ0n) is 6.03. The molecule has 0 amide bonds. The summed E-state index contributed by atoms with van der Waals surface area (Å²) in [7, 11) is 1.24. The van der Waals surface area contributed by atoms with Gasteiger partial charge in [-0.2, -0.15) is 0 Å². The van der Waals surface area contributed by atoms with E-state index in [0.29, 0.717) is 0 Å². The maximum absolute atomic E-state index is 10.9. The molecule has 0 aromatic heterocycles. The molecule has 0 N–H and O–H groups in total. The molecule has 0 fully saturated rings. The molecule has 0 saturated carbocycles. The first-order chi connectivity index (χ1) is 5.25. The first kappa shape index (κ1) is 7.60. The van der Waals surface area contributed by atoms with Crippen molar-refractivity contribution < 1.29 is 14.6 Å². The van der Waals surface area contributed by atoms with Gasteiger partial charge in [0.05, 0.1) is 12.7 Å². The molecular formula is C8H7O3-. The van der Waals surface area contributed by atoms with Crippen LogP contribution in [0.4, 0.5) is 0 Å². The molecule has 0 unspecified atom stereocenters. The highest BCUT2D eigenvalue weighted by Gasteiger charge is 2.03. The van der Waals surface area contributed by atoms with Gasteiger partial charge in [-0.3, -0.25) is 0 Å². The van der Waals surface area contributed by atoms with Gasteiger partial charge in [0.15, 0.2) is 0 Å². The second-order valence-electron chi connectivity index (χ2n) is 1.99. The van der Waals surface area contributed by atoms with Crippen LogP contribution in [0.3, 0.4) is 0 Å². The van der Waals surface area contributed by atoms with Crippen LogP contribution in [0.1, 0.15) is 10.4 Å². The Kier molecular flexibility index (Phi) is 2.11. The maximum Gasteiger partial charge on any atom is 0.337 e. The standard InChI is InChI=1S/C8H8O3/c1-11-8(10)6-4-2-3-5-7(6)9/h2-5,9H,1H3/p-1. The second kappa shape index (κ2) is 3.05. The van der Waals surface area contributed by atoms with Crippen LogP contribution < -0.4 is 5.11 Å². The number of carbonyl (C=O) groups excluding carboxylic acids is 1. The predicted octanol–water partition coefficient (Wildman–Crippen LogP) is 0.547. The third-order valence-corrected chi connectivity index (χ3v) is 1.29. The van der Waals surface area contributed by atoms with Gasteiger partial charge in [-0.1, -0.05) is 23.9 Å². The first-order valence-corrected chi connectivity index (χ1v) is 3.10. The van der Waals surface area contributed by atoms with Gasteiger partial charge in [0.2, 0.25) is 0 Å². The Morgan fingerprint density at radius 1 is 1.45 bits per heavy atom. The first-order valence-electron chi connectivity index (χ1n) is 3.10. The van der Waals surface area contributed by atoms with E-state index in [1.165, 1.54) is 19.2 Å². The van der Waals surface area contributed by atoms with E-state index in [2.05, 4.69) is 4.74 Å². The predicted molar refractivity (Wildman–Crippen MR) is 37.2 cm³/mol. The molecular weight excluding hydrogens is 144 g/mol. The van der Waals surface area contributed by atoms with Gasteiger partial charge >= 0.3 is 5.97 Å². The highest BCUT2D eigenvalue weighted by molar-refractivity contribution is 5.91. The molecule has 3 heteroatoms. The summed E-state index contributed by atoms with van der Waals surface area (Å²) in [4.78, 5) is 10.8. The lowest BCUT2D eigenvalue weighted by atomic mass is 10.2. The highest BCUT2D eigenvalue weighted by Crippen LogP contribution is 2.12. The Morgan fingerprint density at radius 2 is 2.09 bits per heavy atom. The lowest BCUT2D eigenvalue weighted by Crippen LogP contribution is -2.05. The molecule has 0 heterocycles. The molecule has 0 aliphatic carbocycles. The van der Waals surface area contributed by atoms with Crippen molar-refractivity contribution in [3.63, 3.8) is 0 Å². The van der Waals surface area contributed by atoms with Crippen LogP contribution in [0.25, 0.3) is 0 Å². The molecule has 58 valence electrons. The number of hydrogen-bond acceptors (Lipinski definition) is 3. The summed E-state index contributed by atoms with van der Waals surface area (Å²) in [6.07, 6.45) is 0. The van der Waals surface area contributed by atoms with Crippen molar-refractivity contribution in [1.82, 2.24) is 0 Å². The van der Waals surface area contributed by atoms with Crippen molar-refractivity contribution in [2.24, 2.45) is 0 Å². The SMILES string of the molecule is COC(=O)c1ccccc1[O-]. The average molecular weight is 151 g/mol. The minimum absolute atomic E-state index is 0.0787. The fourth-order valence-electron chi connectivity index (χ4n) is 0.745. The molecule has 0 bridgehead atoms. The van der Waals surface area contributed by atoms with E-state index in [9.17, 15) is 9.90 Å². The molecule has 0 aliphatic rings. The Labute approximate surface area is 64.2 Å². The lowest BCUT2D eigenvalue weighted by molar-refractivity contribution is -0.268. The fourth-order valence-corrected chi connectivity index (χ4v) is 0.745. The fraction of sp³-hybridized carbons (Fsp3) is 0.125. The molecule has 3 nitrogen and oxygen atoms in total. The number of benzene rings is 1. The number of rotatable bonds is 1. The van der Waals surface area contributed by atoms with Crippen molar-refractivity contribution in [3.05, 3.63) is 29.8 Å². The van der Waals surface area contributed by atoms with Crippen LogP contribution >= 0.6 is 0 Å². The number of ether oxygens (including phenoxy) is 1. The molecule has 0 atom stereocenters. The molecule has 0 aliphatic heterocycles. The molecule has 0 radical (unpaired) electrons. The summed E-state index contributed by atoms with van der Waals surface area (Å²) in [5.41, 5.74) is 0.0787. The van der Waals surface area contributed by atoms with Crippen molar-refractivity contribution in [2.45, 2.75) is 0 Å². The monoisotopic (exact) mass is 151 g/mol. The zero-order chi connectivity index (χ0) is 8.27. The number of esters is 1.